The van der Waals surface area contributed by atoms with Crippen LogP contribution in [0.3, 0.4) is 0 Å². The Hall–Kier alpha value is -1.15. The number of sulfonamides is 1. The van der Waals surface area contributed by atoms with Crippen LogP contribution in [0, 0.1) is 0 Å². The van der Waals surface area contributed by atoms with Crippen LogP contribution in [0.4, 0.5) is 0 Å². The summed E-state index contributed by atoms with van der Waals surface area (Å²) < 4.78 is 27.2. The molecule has 2 aliphatic rings. The Morgan fingerprint density at radius 3 is 2.68 bits per heavy atom. The van der Waals surface area contributed by atoms with Crippen molar-refractivity contribution in [3.05, 3.63) is 29.8 Å². The molecule has 8 heteroatoms. The summed E-state index contributed by atoms with van der Waals surface area (Å²) in [5.74, 6) is -0.0917. The van der Waals surface area contributed by atoms with Crippen LogP contribution in [-0.4, -0.2) is 50.4 Å². The van der Waals surface area contributed by atoms with Gasteiger partial charge in [-0.3, -0.25) is 4.79 Å². The summed E-state index contributed by atoms with van der Waals surface area (Å²) in [7, 11) is -3.59. The van der Waals surface area contributed by atoms with E-state index >= 15 is 0 Å². The van der Waals surface area contributed by atoms with Gasteiger partial charge in [-0.05, 0) is 51.3 Å². The predicted octanol–water partition coefficient (Wildman–Crippen LogP) is 1.76. The summed E-state index contributed by atoms with van der Waals surface area (Å²) >= 11 is 0. The number of fused-ring (bicyclic) bond motifs is 2. The molecule has 2 bridgehead atoms. The third-order valence-electron chi connectivity index (χ3n) is 4.59. The van der Waals surface area contributed by atoms with Gasteiger partial charge in [-0.15, -0.1) is 12.4 Å². The lowest BCUT2D eigenvalue weighted by Gasteiger charge is -2.24. The van der Waals surface area contributed by atoms with Crippen LogP contribution < -0.4 is 10.0 Å². The van der Waals surface area contributed by atoms with Crippen molar-refractivity contribution < 1.29 is 13.2 Å². The summed E-state index contributed by atoms with van der Waals surface area (Å²) in [4.78, 5) is 14.8. The Balaban J connectivity index is 0.00000225. The van der Waals surface area contributed by atoms with Crippen molar-refractivity contribution in [1.82, 2.24) is 14.9 Å². The standard InChI is InChI=1S/C17H25N3O3S.ClH/c1-12(2)19-24(22,23)16-5-3-4-13(10-16)17(21)20-9-8-14-6-7-15(11-20)18-14;/h3-5,10,12,14-15,18-19H,6-9,11H2,1-2H3;1H. The highest BCUT2D eigenvalue weighted by atomic mass is 35.5. The van der Waals surface area contributed by atoms with Crippen molar-refractivity contribution in [3.63, 3.8) is 0 Å². The van der Waals surface area contributed by atoms with Crippen molar-refractivity contribution in [2.75, 3.05) is 13.1 Å². The van der Waals surface area contributed by atoms with E-state index in [1.54, 1.807) is 26.0 Å². The van der Waals surface area contributed by atoms with Gasteiger partial charge in [-0.1, -0.05) is 6.07 Å². The normalized spacial score (nSPS) is 23.2. The Kier molecular flexibility index (Phi) is 6.48. The molecule has 0 aliphatic carbocycles. The number of carbonyl (C=O) groups is 1. The minimum atomic E-state index is -3.59. The van der Waals surface area contributed by atoms with Crippen LogP contribution in [0.2, 0.25) is 0 Å². The van der Waals surface area contributed by atoms with Crippen LogP contribution in [-0.2, 0) is 10.0 Å². The molecule has 6 nitrogen and oxygen atoms in total. The molecule has 1 aromatic rings. The zero-order valence-corrected chi connectivity index (χ0v) is 16.2. The first-order chi connectivity index (χ1) is 11.3. The highest BCUT2D eigenvalue weighted by Crippen LogP contribution is 2.22. The zero-order valence-electron chi connectivity index (χ0n) is 14.6. The minimum absolute atomic E-state index is 0. The average molecular weight is 388 g/mol. The van der Waals surface area contributed by atoms with Gasteiger partial charge in [-0.25, -0.2) is 13.1 Å². The monoisotopic (exact) mass is 387 g/mol. The molecule has 2 N–H and O–H groups in total. The van der Waals surface area contributed by atoms with Crippen LogP contribution in [0.15, 0.2) is 29.2 Å². The van der Waals surface area contributed by atoms with Gasteiger partial charge >= 0.3 is 0 Å². The molecule has 2 fully saturated rings. The first-order valence-electron chi connectivity index (χ1n) is 8.53. The highest BCUT2D eigenvalue weighted by molar-refractivity contribution is 7.89. The number of amides is 1. The van der Waals surface area contributed by atoms with E-state index in [4.69, 9.17) is 0 Å². The third kappa shape index (κ3) is 4.73. The van der Waals surface area contributed by atoms with Crippen molar-refractivity contribution >= 4 is 28.3 Å². The van der Waals surface area contributed by atoms with Gasteiger partial charge in [0.2, 0.25) is 10.0 Å². The van der Waals surface area contributed by atoms with Gasteiger partial charge in [0.1, 0.15) is 0 Å². The number of hydrogen-bond donors (Lipinski definition) is 2. The number of halogens is 1. The van der Waals surface area contributed by atoms with E-state index in [0.29, 0.717) is 30.7 Å². The second-order valence-electron chi connectivity index (χ2n) is 6.98. The molecule has 3 rings (SSSR count). The molecule has 2 atom stereocenters. The van der Waals surface area contributed by atoms with E-state index in [9.17, 15) is 13.2 Å². The molecule has 0 saturated carbocycles. The maximum absolute atomic E-state index is 12.8. The van der Waals surface area contributed by atoms with E-state index in [1.165, 1.54) is 18.6 Å². The van der Waals surface area contributed by atoms with Crippen molar-refractivity contribution in [2.24, 2.45) is 0 Å². The lowest BCUT2D eigenvalue weighted by atomic mass is 10.1. The van der Waals surface area contributed by atoms with E-state index in [-0.39, 0.29) is 29.3 Å². The lowest BCUT2D eigenvalue weighted by Crippen LogP contribution is -2.39. The van der Waals surface area contributed by atoms with E-state index < -0.39 is 10.0 Å². The Bertz CT molecular complexity index is 724. The van der Waals surface area contributed by atoms with Gasteiger partial charge in [0, 0.05) is 36.8 Å². The van der Waals surface area contributed by atoms with Crippen molar-refractivity contribution in [3.8, 4) is 0 Å². The Labute approximate surface area is 155 Å². The zero-order chi connectivity index (χ0) is 17.3. The van der Waals surface area contributed by atoms with Crippen LogP contribution in [0.5, 0.6) is 0 Å². The average Bonchev–Trinajstić information content (AvgIpc) is 2.85. The minimum Gasteiger partial charge on any atom is -0.337 e. The summed E-state index contributed by atoms with van der Waals surface area (Å²) in [6.45, 7) is 4.95. The van der Waals surface area contributed by atoms with Crippen LogP contribution >= 0.6 is 12.4 Å². The second-order valence-corrected chi connectivity index (χ2v) is 8.70. The number of hydrogen-bond acceptors (Lipinski definition) is 4. The number of carbonyl (C=O) groups excluding carboxylic acids is 1. The third-order valence-corrected chi connectivity index (χ3v) is 6.25. The first kappa shape index (κ1) is 20.2. The van der Waals surface area contributed by atoms with Crippen molar-refractivity contribution in [1.29, 1.82) is 0 Å². The number of benzene rings is 1. The smallest absolute Gasteiger partial charge is 0.253 e. The fraction of sp³-hybridized carbons (Fsp3) is 0.588. The van der Waals surface area contributed by atoms with E-state index in [2.05, 4.69) is 10.0 Å². The molecule has 0 aromatic heterocycles. The lowest BCUT2D eigenvalue weighted by molar-refractivity contribution is 0.0748. The molecular formula is C17H26ClN3O3S. The van der Waals surface area contributed by atoms with Gasteiger partial charge in [0.25, 0.3) is 5.91 Å². The molecular weight excluding hydrogens is 362 g/mol. The molecule has 0 spiro atoms. The number of rotatable bonds is 4. The molecule has 2 unspecified atom stereocenters. The number of nitrogens with zero attached hydrogens (tertiary/aromatic N) is 1. The fourth-order valence-corrected chi connectivity index (χ4v) is 4.78. The number of likely N-dealkylation sites (tertiary alicyclic amines) is 1. The molecule has 2 saturated heterocycles. The Morgan fingerprint density at radius 1 is 1.24 bits per heavy atom. The maximum Gasteiger partial charge on any atom is 0.253 e. The van der Waals surface area contributed by atoms with Gasteiger partial charge < -0.3 is 10.2 Å². The first-order valence-corrected chi connectivity index (χ1v) is 10.0. The highest BCUT2D eigenvalue weighted by Gasteiger charge is 2.31. The Morgan fingerprint density at radius 2 is 1.96 bits per heavy atom. The summed E-state index contributed by atoms with van der Waals surface area (Å²) in [6, 6.07) is 6.99. The molecule has 25 heavy (non-hydrogen) atoms. The molecule has 2 heterocycles. The van der Waals surface area contributed by atoms with Gasteiger partial charge in [0.15, 0.2) is 0 Å². The molecule has 0 radical (unpaired) electrons. The van der Waals surface area contributed by atoms with Crippen molar-refractivity contribution in [2.45, 2.75) is 56.1 Å². The van der Waals surface area contributed by atoms with Gasteiger partial charge in [-0.2, -0.15) is 0 Å². The van der Waals surface area contributed by atoms with Crippen LogP contribution in [0.1, 0.15) is 43.5 Å². The number of nitrogens with one attached hydrogen (secondary N) is 2. The maximum atomic E-state index is 12.8. The van der Waals surface area contributed by atoms with E-state index in [1.807, 2.05) is 4.90 Å². The molecule has 1 amide bonds. The summed E-state index contributed by atoms with van der Waals surface area (Å²) in [5, 5.41) is 3.55. The van der Waals surface area contributed by atoms with E-state index in [0.717, 1.165) is 12.8 Å². The summed E-state index contributed by atoms with van der Waals surface area (Å²) in [6.07, 6.45) is 3.23. The molecule has 2 aliphatic heterocycles. The van der Waals surface area contributed by atoms with Crippen LogP contribution in [0.25, 0.3) is 0 Å². The quantitative estimate of drug-likeness (QED) is 0.825. The fourth-order valence-electron chi connectivity index (χ4n) is 3.48. The molecule has 1 aromatic carbocycles. The largest absolute Gasteiger partial charge is 0.337 e. The topological polar surface area (TPSA) is 78.5 Å². The van der Waals surface area contributed by atoms with Gasteiger partial charge in [0.05, 0.1) is 4.90 Å². The molecule has 140 valence electrons. The SMILES string of the molecule is CC(C)NS(=O)(=O)c1cccc(C(=O)N2CCC3CCC(C2)N3)c1.Cl. The second kappa shape index (κ2) is 8.03. The predicted molar refractivity (Wildman–Crippen MR) is 99.6 cm³/mol. The summed E-state index contributed by atoms with van der Waals surface area (Å²) in [5.41, 5.74) is 0.430.